The van der Waals surface area contributed by atoms with E-state index in [4.69, 9.17) is 0 Å². The molecular weight excluding hydrogens is 306 g/mol. The lowest BCUT2D eigenvalue weighted by molar-refractivity contribution is 0.507. The Morgan fingerprint density at radius 3 is 2.64 bits per heavy atom. The van der Waals surface area contributed by atoms with Gasteiger partial charge in [-0.05, 0) is 6.92 Å². The van der Waals surface area contributed by atoms with Crippen molar-refractivity contribution >= 4 is 16.0 Å². The summed E-state index contributed by atoms with van der Waals surface area (Å²) in [4.78, 5) is 12.4. The predicted octanol–water partition coefficient (Wildman–Crippen LogP) is -0.221. The summed E-state index contributed by atoms with van der Waals surface area (Å²) in [7, 11) is -0.459. The molecule has 0 aliphatic carbocycles. The third kappa shape index (κ3) is 4.00. The molecule has 0 spiro atoms. The van der Waals surface area contributed by atoms with Crippen molar-refractivity contribution in [1.82, 2.24) is 28.5 Å². The summed E-state index contributed by atoms with van der Waals surface area (Å²) in [6, 6.07) is 1.77. The van der Waals surface area contributed by atoms with E-state index in [2.05, 4.69) is 25.0 Å². The van der Waals surface area contributed by atoms with Gasteiger partial charge in [0.05, 0.1) is 0 Å². The van der Waals surface area contributed by atoms with E-state index < -0.39 is 10.2 Å². The molecule has 10 heteroatoms. The van der Waals surface area contributed by atoms with Gasteiger partial charge in [0.1, 0.15) is 23.8 Å². The van der Waals surface area contributed by atoms with Crippen molar-refractivity contribution in [2.45, 2.75) is 6.92 Å². The number of aromatic nitrogens is 4. The van der Waals surface area contributed by atoms with Crippen LogP contribution in [0.2, 0.25) is 0 Å². The quantitative estimate of drug-likeness (QED) is 0.682. The second-order valence-corrected chi connectivity index (χ2v) is 6.68. The number of imidazole rings is 1. The van der Waals surface area contributed by atoms with Gasteiger partial charge in [-0.25, -0.2) is 19.7 Å². The van der Waals surface area contributed by atoms with Gasteiger partial charge in [-0.15, -0.1) is 0 Å². The molecule has 0 fully saturated rings. The Balaban J connectivity index is 1.93. The maximum absolute atomic E-state index is 11.5. The summed E-state index contributed by atoms with van der Waals surface area (Å²) >= 11 is 0. The molecule has 2 aromatic heterocycles. The highest BCUT2D eigenvalue weighted by Crippen LogP contribution is 2.10. The Morgan fingerprint density at radius 2 is 2.00 bits per heavy atom. The molecule has 120 valence electrons. The van der Waals surface area contributed by atoms with Crippen molar-refractivity contribution in [3.8, 4) is 5.82 Å². The van der Waals surface area contributed by atoms with Gasteiger partial charge in [0, 0.05) is 45.6 Å². The standard InChI is InChI=1S/C12H19N7O2S/c1-10-13-6-7-19(10)12-8-11(15-9-16-12)14-4-5-17-22(20,21)18(2)3/h6-9,17H,4-5H2,1-3H3,(H,14,15,16). The summed E-state index contributed by atoms with van der Waals surface area (Å²) in [6.07, 6.45) is 4.95. The van der Waals surface area contributed by atoms with Gasteiger partial charge in [-0.1, -0.05) is 0 Å². The molecule has 0 bridgehead atoms. The minimum Gasteiger partial charge on any atom is -0.369 e. The number of hydrogen-bond acceptors (Lipinski definition) is 6. The van der Waals surface area contributed by atoms with Crippen molar-refractivity contribution in [1.29, 1.82) is 0 Å². The van der Waals surface area contributed by atoms with Crippen molar-refractivity contribution in [3.05, 3.63) is 30.6 Å². The molecule has 0 radical (unpaired) electrons. The fourth-order valence-corrected chi connectivity index (χ4v) is 2.31. The van der Waals surface area contributed by atoms with Gasteiger partial charge in [0.2, 0.25) is 0 Å². The third-order valence-electron chi connectivity index (χ3n) is 2.92. The molecule has 0 aromatic carbocycles. The highest BCUT2D eigenvalue weighted by atomic mass is 32.2. The van der Waals surface area contributed by atoms with E-state index in [1.54, 1.807) is 12.3 Å². The molecule has 2 heterocycles. The molecule has 0 atom stereocenters. The molecule has 2 aromatic rings. The van der Waals surface area contributed by atoms with Crippen LogP contribution >= 0.6 is 0 Å². The molecule has 0 unspecified atom stereocenters. The van der Waals surface area contributed by atoms with Crippen LogP contribution in [0.1, 0.15) is 5.82 Å². The van der Waals surface area contributed by atoms with E-state index in [1.807, 2.05) is 17.7 Å². The molecule has 0 saturated carbocycles. The highest BCUT2D eigenvalue weighted by Gasteiger charge is 2.11. The van der Waals surface area contributed by atoms with E-state index in [0.717, 1.165) is 10.1 Å². The Kier molecular flexibility index (Phi) is 5.06. The van der Waals surface area contributed by atoms with Crippen molar-refractivity contribution in [2.24, 2.45) is 0 Å². The van der Waals surface area contributed by atoms with Gasteiger partial charge in [-0.3, -0.25) is 4.57 Å². The lowest BCUT2D eigenvalue weighted by atomic mass is 10.5. The number of rotatable bonds is 7. The first-order chi connectivity index (χ1) is 10.4. The SMILES string of the molecule is Cc1nccn1-c1cc(NCCNS(=O)(=O)N(C)C)ncn1. The van der Waals surface area contributed by atoms with Crippen molar-refractivity contribution in [2.75, 3.05) is 32.5 Å². The Labute approximate surface area is 129 Å². The minimum atomic E-state index is -3.40. The van der Waals surface area contributed by atoms with Crippen LogP contribution in [-0.2, 0) is 10.2 Å². The molecular formula is C12H19N7O2S. The number of nitrogens with zero attached hydrogens (tertiary/aromatic N) is 5. The molecule has 2 N–H and O–H groups in total. The zero-order valence-corrected chi connectivity index (χ0v) is 13.5. The van der Waals surface area contributed by atoms with Crippen LogP contribution in [0.4, 0.5) is 5.82 Å². The molecule has 0 aliphatic heterocycles. The molecule has 9 nitrogen and oxygen atoms in total. The van der Waals surface area contributed by atoms with Crippen LogP contribution in [0.5, 0.6) is 0 Å². The van der Waals surface area contributed by atoms with Crippen LogP contribution in [0, 0.1) is 6.92 Å². The number of aryl methyl sites for hydroxylation is 1. The van der Waals surface area contributed by atoms with E-state index in [-0.39, 0.29) is 6.54 Å². The zero-order valence-electron chi connectivity index (χ0n) is 12.7. The zero-order chi connectivity index (χ0) is 16.2. The second kappa shape index (κ2) is 6.81. The average Bonchev–Trinajstić information content (AvgIpc) is 2.90. The summed E-state index contributed by atoms with van der Waals surface area (Å²) in [6.45, 7) is 2.54. The lowest BCUT2D eigenvalue weighted by Crippen LogP contribution is -2.38. The molecule has 0 aliphatic rings. The summed E-state index contributed by atoms with van der Waals surface area (Å²) in [5.74, 6) is 2.13. The van der Waals surface area contributed by atoms with Gasteiger partial charge in [-0.2, -0.15) is 12.7 Å². The van der Waals surface area contributed by atoms with E-state index in [9.17, 15) is 8.42 Å². The van der Waals surface area contributed by atoms with E-state index in [0.29, 0.717) is 18.2 Å². The average molecular weight is 325 g/mol. The number of anilines is 1. The number of nitrogens with one attached hydrogen (secondary N) is 2. The lowest BCUT2D eigenvalue weighted by Gasteiger charge is -2.13. The maximum atomic E-state index is 11.5. The first kappa shape index (κ1) is 16.3. The summed E-state index contributed by atoms with van der Waals surface area (Å²) < 4.78 is 28.5. The van der Waals surface area contributed by atoms with Crippen LogP contribution in [0.15, 0.2) is 24.8 Å². The van der Waals surface area contributed by atoms with Crippen LogP contribution in [0.25, 0.3) is 5.82 Å². The first-order valence-corrected chi connectivity index (χ1v) is 8.07. The minimum absolute atomic E-state index is 0.254. The second-order valence-electron chi connectivity index (χ2n) is 4.71. The van der Waals surface area contributed by atoms with Gasteiger partial charge < -0.3 is 5.32 Å². The summed E-state index contributed by atoms with van der Waals surface area (Å²) in [5, 5.41) is 3.05. The van der Waals surface area contributed by atoms with Crippen molar-refractivity contribution < 1.29 is 8.42 Å². The Bertz CT molecular complexity index is 727. The molecule has 0 amide bonds. The summed E-state index contributed by atoms with van der Waals surface area (Å²) in [5.41, 5.74) is 0. The van der Waals surface area contributed by atoms with Gasteiger partial charge >= 0.3 is 0 Å². The molecule has 2 rings (SSSR count). The Hall–Kier alpha value is -2.04. The monoisotopic (exact) mass is 325 g/mol. The smallest absolute Gasteiger partial charge is 0.278 e. The fraction of sp³-hybridized carbons (Fsp3) is 0.417. The predicted molar refractivity (Wildman–Crippen MR) is 83.0 cm³/mol. The maximum Gasteiger partial charge on any atom is 0.278 e. The third-order valence-corrected chi connectivity index (χ3v) is 4.45. The highest BCUT2D eigenvalue weighted by molar-refractivity contribution is 7.87. The van der Waals surface area contributed by atoms with Gasteiger partial charge in [0.15, 0.2) is 0 Å². The van der Waals surface area contributed by atoms with Crippen LogP contribution < -0.4 is 10.0 Å². The molecule has 0 saturated heterocycles. The topological polar surface area (TPSA) is 105 Å². The van der Waals surface area contributed by atoms with Crippen molar-refractivity contribution in [3.63, 3.8) is 0 Å². The normalized spacial score (nSPS) is 11.8. The molecule has 22 heavy (non-hydrogen) atoms. The van der Waals surface area contributed by atoms with Gasteiger partial charge in [0.25, 0.3) is 10.2 Å². The van der Waals surface area contributed by atoms with Crippen LogP contribution in [-0.4, -0.2) is 59.4 Å². The van der Waals surface area contributed by atoms with E-state index in [1.165, 1.54) is 20.4 Å². The van der Waals surface area contributed by atoms with E-state index >= 15 is 0 Å². The largest absolute Gasteiger partial charge is 0.369 e. The Morgan fingerprint density at radius 1 is 1.23 bits per heavy atom. The number of hydrogen-bond donors (Lipinski definition) is 2. The first-order valence-electron chi connectivity index (χ1n) is 6.63. The van der Waals surface area contributed by atoms with Crippen LogP contribution in [0.3, 0.4) is 0 Å². The fourth-order valence-electron chi connectivity index (χ4n) is 1.70.